The molecule has 0 spiro atoms. The molecule has 0 aromatic rings. The molecule has 4 aliphatic rings. The van der Waals surface area contributed by atoms with Crippen LogP contribution in [0.1, 0.15) is 32.1 Å². The van der Waals surface area contributed by atoms with E-state index in [1.807, 2.05) is 0 Å². The zero-order valence-electron chi connectivity index (χ0n) is 12.4. The van der Waals surface area contributed by atoms with Crippen LogP contribution in [0.15, 0.2) is 0 Å². The SMILES string of the molecule is O=C(CN1C[C@@H]2CN3CCCC[C@H]3[C@@H]2C1)NCC1CC1. The standard InChI is InChI=1S/C16H27N3O/c20-16(17-7-12-4-5-12)11-18-8-13-9-19-6-2-1-3-15(19)14(13)10-18/h12-15H,1-11H2,(H,17,20)/t13-,14-,15+/m1/s1. The largest absolute Gasteiger partial charge is 0.355 e. The van der Waals surface area contributed by atoms with Crippen molar-refractivity contribution in [2.45, 2.75) is 38.1 Å². The molecule has 0 aromatic carbocycles. The van der Waals surface area contributed by atoms with Crippen LogP contribution in [-0.4, -0.2) is 61.0 Å². The summed E-state index contributed by atoms with van der Waals surface area (Å²) in [5, 5.41) is 3.10. The summed E-state index contributed by atoms with van der Waals surface area (Å²) in [6, 6.07) is 0.827. The van der Waals surface area contributed by atoms with E-state index >= 15 is 0 Å². The molecule has 1 aliphatic carbocycles. The van der Waals surface area contributed by atoms with Crippen LogP contribution in [0, 0.1) is 17.8 Å². The van der Waals surface area contributed by atoms with E-state index in [0.29, 0.717) is 6.54 Å². The highest BCUT2D eigenvalue weighted by Gasteiger charge is 2.47. The van der Waals surface area contributed by atoms with Crippen LogP contribution in [0.3, 0.4) is 0 Å². The van der Waals surface area contributed by atoms with Gasteiger partial charge in [-0.05, 0) is 50.0 Å². The van der Waals surface area contributed by atoms with Crippen molar-refractivity contribution in [2.24, 2.45) is 17.8 Å². The predicted molar refractivity (Wildman–Crippen MR) is 78.4 cm³/mol. The fraction of sp³-hybridized carbons (Fsp3) is 0.938. The Morgan fingerprint density at radius 1 is 1.10 bits per heavy atom. The van der Waals surface area contributed by atoms with Gasteiger partial charge in [-0.15, -0.1) is 0 Å². The van der Waals surface area contributed by atoms with Crippen LogP contribution >= 0.6 is 0 Å². The van der Waals surface area contributed by atoms with Gasteiger partial charge in [0.15, 0.2) is 0 Å². The average molecular weight is 277 g/mol. The second kappa shape index (κ2) is 5.30. The number of carbonyl (C=O) groups excluding carboxylic acids is 1. The molecule has 0 unspecified atom stereocenters. The third-order valence-electron chi connectivity index (χ3n) is 5.85. The lowest BCUT2D eigenvalue weighted by Crippen LogP contribution is -2.42. The van der Waals surface area contributed by atoms with E-state index in [1.165, 1.54) is 45.2 Å². The third kappa shape index (κ3) is 2.60. The van der Waals surface area contributed by atoms with Gasteiger partial charge >= 0.3 is 0 Å². The van der Waals surface area contributed by atoms with Crippen LogP contribution in [0.25, 0.3) is 0 Å². The molecule has 3 atom stereocenters. The molecule has 4 fully saturated rings. The van der Waals surface area contributed by atoms with Gasteiger partial charge in [0.1, 0.15) is 0 Å². The summed E-state index contributed by atoms with van der Waals surface area (Å²) in [7, 11) is 0. The van der Waals surface area contributed by atoms with Crippen LogP contribution in [0.2, 0.25) is 0 Å². The molecule has 1 N–H and O–H groups in total. The molecule has 1 amide bonds. The number of fused-ring (bicyclic) bond motifs is 3. The van der Waals surface area contributed by atoms with E-state index in [1.54, 1.807) is 0 Å². The minimum Gasteiger partial charge on any atom is -0.355 e. The first-order valence-corrected chi connectivity index (χ1v) is 8.52. The van der Waals surface area contributed by atoms with E-state index in [4.69, 9.17) is 0 Å². The van der Waals surface area contributed by atoms with E-state index < -0.39 is 0 Å². The average Bonchev–Trinajstić information content (AvgIpc) is 3.10. The summed E-state index contributed by atoms with van der Waals surface area (Å²) < 4.78 is 0. The first kappa shape index (κ1) is 13.1. The molecule has 3 aliphatic heterocycles. The molecule has 4 heteroatoms. The number of piperidine rings is 1. The molecule has 0 bridgehead atoms. The number of hydrogen-bond acceptors (Lipinski definition) is 3. The highest BCUT2D eigenvalue weighted by molar-refractivity contribution is 5.78. The fourth-order valence-electron chi connectivity index (χ4n) is 4.62. The van der Waals surface area contributed by atoms with E-state index in [2.05, 4.69) is 15.1 Å². The zero-order valence-corrected chi connectivity index (χ0v) is 12.4. The third-order valence-corrected chi connectivity index (χ3v) is 5.85. The Morgan fingerprint density at radius 2 is 2.00 bits per heavy atom. The summed E-state index contributed by atoms with van der Waals surface area (Å²) in [4.78, 5) is 17.1. The first-order valence-electron chi connectivity index (χ1n) is 8.52. The number of nitrogens with one attached hydrogen (secondary N) is 1. The smallest absolute Gasteiger partial charge is 0.234 e. The number of nitrogens with zero attached hydrogens (tertiary/aromatic N) is 2. The van der Waals surface area contributed by atoms with Crippen molar-refractivity contribution in [2.75, 3.05) is 39.3 Å². The molecular formula is C16H27N3O. The summed E-state index contributed by atoms with van der Waals surface area (Å²) in [6.07, 6.45) is 6.82. The first-order chi connectivity index (χ1) is 9.79. The molecule has 0 radical (unpaired) electrons. The topological polar surface area (TPSA) is 35.6 Å². The predicted octanol–water partition coefficient (Wildman–Crippen LogP) is 0.929. The summed E-state index contributed by atoms with van der Waals surface area (Å²) >= 11 is 0. The molecule has 1 saturated carbocycles. The van der Waals surface area contributed by atoms with Crippen LogP contribution in [-0.2, 0) is 4.79 Å². The van der Waals surface area contributed by atoms with Gasteiger partial charge in [0.2, 0.25) is 5.91 Å². The number of rotatable bonds is 4. The maximum absolute atomic E-state index is 12.0. The molecule has 4 nitrogen and oxygen atoms in total. The van der Waals surface area contributed by atoms with Gasteiger partial charge in [-0.25, -0.2) is 0 Å². The second-order valence-corrected chi connectivity index (χ2v) is 7.42. The minimum atomic E-state index is 0.248. The van der Waals surface area contributed by atoms with Crippen molar-refractivity contribution in [3.63, 3.8) is 0 Å². The number of carbonyl (C=O) groups is 1. The van der Waals surface area contributed by atoms with Crippen LogP contribution in [0.4, 0.5) is 0 Å². The normalized spacial score (nSPS) is 37.7. The molecule has 20 heavy (non-hydrogen) atoms. The Balaban J connectivity index is 1.27. The Kier molecular flexibility index (Phi) is 3.47. The summed E-state index contributed by atoms with van der Waals surface area (Å²) in [6.45, 7) is 6.45. The van der Waals surface area contributed by atoms with Crippen molar-refractivity contribution in [1.29, 1.82) is 0 Å². The quantitative estimate of drug-likeness (QED) is 0.830. The monoisotopic (exact) mass is 277 g/mol. The number of likely N-dealkylation sites (tertiary alicyclic amines) is 1. The van der Waals surface area contributed by atoms with Crippen LogP contribution in [0.5, 0.6) is 0 Å². The molecule has 3 heterocycles. The number of hydrogen-bond donors (Lipinski definition) is 1. The van der Waals surface area contributed by atoms with Crippen molar-refractivity contribution >= 4 is 5.91 Å². The molecule has 0 aromatic heterocycles. The van der Waals surface area contributed by atoms with Gasteiger partial charge < -0.3 is 5.32 Å². The highest BCUT2D eigenvalue weighted by Crippen LogP contribution is 2.40. The van der Waals surface area contributed by atoms with E-state index in [-0.39, 0.29) is 5.91 Å². The van der Waals surface area contributed by atoms with Crippen molar-refractivity contribution in [3.8, 4) is 0 Å². The lowest BCUT2D eigenvalue weighted by atomic mass is 9.90. The molecule has 3 saturated heterocycles. The van der Waals surface area contributed by atoms with Crippen molar-refractivity contribution in [1.82, 2.24) is 15.1 Å². The maximum atomic E-state index is 12.0. The zero-order chi connectivity index (χ0) is 13.5. The van der Waals surface area contributed by atoms with E-state index in [0.717, 1.165) is 43.4 Å². The summed E-state index contributed by atoms with van der Waals surface area (Å²) in [5.74, 6) is 2.70. The molecular weight excluding hydrogens is 250 g/mol. The lowest BCUT2D eigenvalue weighted by molar-refractivity contribution is -0.122. The second-order valence-electron chi connectivity index (χ2n) is 7.42. The van der Waals surface area contributed by atoms with Gasteiger partial charge in [-0.2, -0.15) is 0 Å². The maximum Gasteiger partial charge on any atom is 0.234 e. The van der Waals surface area contributed by atoms with Gasteiger partial charge in [0.05, 0.1) is 6.54 Å². The Hall–Kier alpha value is -0.610. The Morgan fingerprint density at radius 3 is 2.85 bits per heavy atom. The lowest BCUT2D eigenvalue weighted by Gasteiger charge is -2.33. The van der Waals surface area contributed by atoms with Crippen molar-refractivity contribution in [3.05, 3.63) is 0 Å². The molecule has 112 valence electrons. The van der Waals surface area contributed by atoms with Crippen LogP contribution < -0.4 is 5.32 Å². The fourth-order valence-corrected chi connectivity index (χ4v) is 4.62. The Bertz CT molecular complexity index is 382. The highest BCUT2D eigenvalue weighted by atomic mass is 16.2. The van der Waals surface area contributed by atoms with E-state index in [9.17, 15) is 4.79 Å². The van der Waals surface area contributed by atoms with Crippen molar-refractivity contribution < 1.29 is 4.79 Å². The van der Waals surface area contributed by atoms with Gasteiger partial charge in [0, 0.05) is 32.2 Å². The van der Waals surface area contributed by atoms with Gasteiger partial charge in [-0.3, -0.25) is 14.6 Å². The minimum absolute atomic E-state index is 0.248. The van der Waals surface area contributed by atoms with Gasteiger partial charge in [-0.1, -0.05) is 6.42 Å². The van der Waals surface area contributed by atoms with Gasteiger partial charge in [0.25, 0.3) is 0 Å². The summed E-state index contributed by atoms with van der Waals surface area (Å²) in [5.41, 5.74) is 0. The molecule has 4 rings (SSSR count). The Labute approximate surface area is 121 Å². The number of amides is 1.